The van der Waals surface area contributed by atoms with Crippen LogP contribution in [0.4, 0.5) is 10.6 Å². The second-order valence-corrected chi connectivity index (χ2v) is 7.37. The summed E-state index contributed by atoms with van der Waals surface area (Å²) in [5, 5.41) is 4.30. The largest absolute Gasteiger partial charge is 0.484 e. The molecule has 1 aliphatic heterocycles. The fourth-order valence-corrected chi connectivity index (χ4v) is 2.81. The summed E-state index contributed by atoms with van der Waals surface area (Å²) in [6, 6.07) is 9.05. The van der Waals surface area contributed by atoms with Crippen LogP contribution in [0, 0.1) is 0 Å². The molecule has 2 heterocycles. The zero-order chi connectivity index (χ0) is 19.6. The number of nitrogens with two attached hydrogens (primary N) is 1. The van der Waals surface area contributed by atoms with Gasteiger partial charge in [0.15, 0.2) is 6.61 Å². The first-order valence-corrected chi connectivity index (χ1v) is 8.80. The van der Waals surface area contributed by atoms with E-state index in [0.29, 0.717) is 30.2 Å². The van der Waals surface area contributed by atoms with Gasteiger partial charge in [-0.2, -0.15) is 9.78 Å². The average molecular weight is 372 g/mol. The van der Waals surface area contributed by atoms with Crippen molar-refractivity contribution >= 4 is 17.8 Å². The van der Waals surface area contributed by atoms with Crippen molar-refractivity contribution in [3.8, 4) is 5.75 Å². The average Bonchev–Trinajstić information content (AvgIpc) is 2.95. The van der Waals surface area contributed by atoms with Gasteiger partial charge in [-0.1, -0.05) is 18.2 Å². The molecule has 1 amide bonds. The Morgan fingerprint density at radius 2 is 1.93 bits per heavy atom. The minimum atomic E-state index is -0.569. The molecule has 0 spiro atoms. The van der Waals surface area contributed by atoms with Crippen LogP contribution in [-0.4, -0.2) is 45.4 Å². The molecule has 0 bridgehead atoms. The van der Waals surface area contributed by atoms with Crippen LogP contribution in [0.5, 0.6) is 5.75 Å². The van der Waals surface area contributed by atoms with Gasteiger partial charge in [0.2, 0.25) is 0 Å². The lowest BCUT2D eigenvalue weighted by Crippen LogP contribution is -2.39. The number of nitrogen functional groups attached to an aromatic ring is 1. The number of hydrogen-bond donors (Lipinski definition) is 1. The lowest BCUT2D eigenvalue weighted by molar-refractivity contribution is 0.0221. The molecular formula is C19H24N4O4. The number of ether oxygens (including phenoxy) is 2. The summed E-state index contributed by atoms with van der Waals surface area (Å²) < 4.78 is 12.0. The van der Waals surface area contributed by atoms with E-state index in [4.69, 9.17) is 15.2 Å². The third-order valence-electron chi connectivity index (χ3n) is 4.07. The summed E-state index contributed by atoms with van der Waals surface area (Å²) in [6.45, 7) is 6.00. The summed E-state index contributed by atoms with van der Waals surface area (Å²) in [6.07, 6.45) is 0.118. The van der Waals surface area contributed by atoms with E-state index in [0.717, 1.165) is 10.2 Å². The number of nitrogens with zero attached hydrogens (tertiary/aromatic N) is 3. The van der Waals surface area contributed by atoms with Gasteiger partial charge >= 0.3 is 6.09 Å². The van der Waals surface area contributed by atoms with Crippen molar-refractivity contribution in [3.05, 3.63) is 41.6 Å². The molecule has 0 radical (unpaired) electrons. The maximum atomic E-state index is 12.4. The number of carbonyl (C=O) groups excluding carboxylic acids is 2. The molecule has 3 rings (SSSR count). The van der Waals surface area contributed by atoms with Crippen molar-refractivity contribution < 1.29 is 19.1 Å². The first-order chi connectivity index (χ1) is 12.7. The van der Waals surface area contributed by atoms with Crippen LogP contribution in [0.25, 0.3) is 0 Å². The molecule has 0 fully saturated rings. The Kier molecular flexibility index (Phi) is 5.07. The van der Waals surface area contributed by atoms with Gasteiger partial charge in [0.1, 0.15) is 17.2 Å². The molecule has 2 aromatic rings. The third kappa shape index (κ3) is 4.39. The highest BCUT2D eigenvalue weighted by Gasteiger charge is 2.30. The summed E-state index contributed by atoms with van der Waals surface area (Å²) >= 11 is 0. The van der Waals surface area contributed by atoms with Crippen LogP contribution in [0.3, 0.4) is 0 Å². The van der Waals surface area contributed by atoms with Gasteiger partial charge in [0.25, 0.3) is 5.91 Å². The number of anilines is 1. The lowest BCUT2D eigenvalue weighted by Gasteiger charge is -2.29. The number of aromatic nitrogens is 2. The monoisotopic (exact) mass is 372 g/mol. The van der Waals surface area contributed by atoms with Crippen molar-refractivity contribution in [3.63, 3.8) is 0 Å². The van der Waals surface area contributed by atoms with E-state index in [1.165, 1.54) is 0 Å². The smallest absolute Gasteiger partial charge is 0.410 e. The Hall–Kier alpha value is -3.03. The highest BCUT2D eigenvalue weighted by molar-refractivity contribution is 5.83. The molecule has 8 nitrogen and oxygen atoms in total. The highest BCUT2D eigenvalue weighted by Crippen LogP contribution is 2.25. The molecule has 2 N–H and O–H groups in total. The van der Waals surface area contributed by atoms with Crippen LogP contribution < -0.4 is 10.5 Å². The molecule has 27 heavy (non-hydrogen) atoms. The molecule has 1 aromatic carbocycles. The van der Waals surface area contributed by atoms with Crippen molar-refractivity contribution in [2.75, 3.05) is 18.9 Å². The number of rotatable bonds is 3. The van der Waals surface area contributed by atoms with E-state index >= 15 is 0 Å². The number of para-hydroxylation sites is 1. The van der Waals surface area contributed by atoms with E-state index in [1.54, 1.807) is 17.0 Å². The normalized spacial score (nSPS) is 13.8. The Morgan fingerprint density at radius 1 is 1.22 bits per heavy atom. The van der Waals surface area contributed by atoms with Gasteiger partial charge in [-0.25, -0.2) is 4.79 Å². The fraction of sp³-hybridized carbons (Fsp3) is 0.421. The molecule has 0 atom stereocenters. The number of hydrogen-bond acceptors (Lipinski definition) is 6. The van der Waals surface area contributed by atoms with Gasteiger partial charge in [-0.3, -0.25) is 4.79 Å². The lowest BCUT2D eigenvalue weighted by atomic mass is 10.1. The first kappa shape index (κ1) is 18.8. The molecule has 1 aliphatic rings. The first-order valence-electron chi connectivity index (χ1n) is 8.80. The van der Waals surface area contributed by atoms with E-state index in [2.05, 4.69) is 5.10 Å². The SMILES string of the molecule is CC(C)(C)OC(=O)N1CCc2c(nn(C(=O)COc3ccccc3)c2N)C1. The van der Waals surface area contributed by atoms with E-state index in [9.17, 15) is 9.59 Å². The van der Waals surface area contributed by atoms with E-state index in [1.807, 2.05) is 39.0 Å². The molecule has 1 aromatic heterocycles. The minimum Gasteiger partial charge on any atom is -0.484 e. The van der Waals surface area contributed by atoms with Crippen LogP contribution in [0.2, 0.25) is 0 Å². The van der Waals surface area contributed by atoms with Crippen LogP contribution in [0.15, 0.2) is 30.3 Å². The standard InChI is InChI=1S/C19H24N4O4/c1-19(2,3)27-18(25)22-10-9-14-15(11-22)21-23(17(14)20)16(24)12-26-13-7-5-4-6-8-13/h4-8H,9-12,20H2,1-3H3. The molecular weight excluding hydrogens is 348 g/mol. The van der Waals surface area contributed by atoms with Gasteiger partial charge in [0.05, 0.1) is 12.2 Å². The van der Waals surface area contributed by atoms with Crippen LogP contribution in [-0.2, 0) is 17.7 Å². The quantitative estimate of drug-likeness (QED) is 0.888. The zero-order valence-corrected chi connectivity index (χ0v) is 15.8. The maximum Gasteiger partial charge on any atom is 0.410 e. The molecule has 144 valence electrons. The number of carbonyl (C=O) groups is 2. The van der Waals surface area contributed by atoms with Gasteiger partial charge in [0, 0.05) is 12.1 Å². The number of fused-ring (bicyclic) bond motifs is 1. The van der Waals surface area contributed by atoms with E-state index < -0.39 is 11.7 Å². The Labute approximate surface area is 157 Å². The van der Waals surface area contributed by atoms with Crippen molar-refractivity contribution in [2.45, 2.75) is 39.3 Å². The second-order valence-electron chi connectivity index (χ2n) is 7.37. The number of benzene rings is 1. The van der Waals surface area contributed by atoms with Crippen LogP contribution >= 0.6 is 0 Å². The van der Waals surface area contributed by atoms with Crippen molar-refractivity contribution in [2.24, 2.45) is 0 Å². The zero-order valence-electron chi connectivity index (χ0n) is 15.8. The summed E-state index contributed by atoms with van der Waals surface area (Å²) in [4.78, 5) is 26.3. The van der Waals surface area contributed by atoms with E-state index in [-0.39, 0.29) is 19.1 Å². The molecule has 8 heteroatoms. The van der Waals surface area contributed by atoms with Gasteiger partial charge < -0.3 is 20.1 Å². The Bertz CT molecular complexity index is 839. The molecule has 0 saturated carbocycles. The Balaban J connectivity index is 1.69. The predicted octanol–water partition coefficient (Wildman–Crippen LogP) is 2.48. The summed E-state index contributed by atoms with van der Waals surface area (Å²) in [7, 11) is 0. The second kappa shape index (κ2) is 7.30. The van der Waals surface area contributed by atoms with Crippen LogP contribution in [0.1, 0.15) is 36.8 Å². The van der Waals surface area contributed by atoms with Crippen molar-refractivity contribution in [1.82, 2.24) is 14.7 Å². The Morgan fingerprint density at radius 3 is 2.59 bits per heavy atom. The molecule has 0 unspecified atom stereocenters. The molecule has 0 aliphatic carbocycles. The highest BCUT2D eigenvalue weighted by atomic mass is 16.6. The number of amides is 1. The topological polar surface area (TPSA) is 99.7 Å². The minimum absolute atomic E-state index is 0.176. The third-order valence-corrected chi connectivity index (χ3v) is 4.07. The summed E-state index contributed by atoms with van der Waals surface area (Å²) in [5.74, 6) is 0.530. The van der Waals surface area contributed by atoms with Gasteiger partial charge in [-0.15, -0.1) is 0 Å². The summed E-state index contributed by atoms with van der Waals surface area (Å²) in [5.41, 5.74) is 6.94. The molecule has 0 saturated heterocycles. The van der Waals surface area contributed by atoms with Crippen molar-refractivity contribution in [1.29, 1.82) is 0 Å². The van der Waals surface area contributed by atoms with Gasteiger partial charge in [-0.05, 0) is 39.3 Å². The predicted molar refractivity (Wildman–Crippen MR) is 99.6 cm³/mol. The fourth-order valence-electron chi connectivity index (χ4n) is 2.81. The maximum absolute atomic E-state index is 12.4.